The first-order chi connectivity index (χ1) is 8.88. The SMILES string of the molecule is CC(CNC(c1ccc(Cl)cc1)C1CC1)C(C)(C)C. The fourth-order valence-corrected chi connectivity index (χ4v) is 2.39. The molecule has 2 atom stereocenters. The first-order valence-corrected chi connectivity index (χ1v) is 7.74. The highest BCUT2D eigenvalue weighted by Crippen LogP contribution is 2.41. The molecule has 0 aromatic heterocycles. The van der Waals surface area contributed by atoms with Crippen LogP contribution in [0.15, 0.2) is 24.3 Å². The van der Waals surface area contributed by atoms with E-state index in [4.69, 9.17) is 11.6 Å². The zero-order chi connectivity index (χ0) is 14.0. The van der Waals surface area contributed by atoms with Gasteiger partial charge in [-0.2, -0.15) is 0 Å². The van der Waals surface area contributed by atoms with Crippen molar-refractivity contribution in [3.63, 3.8) is 0 Å². The summed E-state index contributed by atoms with van der Waals surface area (Å²) in [6.07, 6.45) is 2.70. The Morgan fingerprint density at radius 2 is 1.79 bits per heavy atom. The van der Waals surface area contributed by atoms with Crippen molar-refractivity contribution < 1.29 is 0 Å². The normalized spacial score (nSPS) is 19.2. The standard InChI is InChI=1S/C17H26ClN/c1-12(17(2,3)4)11-19-16(13-5-6-13)14-7-9-15(18)10-8-14/h7-10,12-13,16,19H,5-6,11H2,1-4H3. The van der Waals surface area contributed by atoms with Crippen LogP contribution in [0.5, 0.6) is 0 Å². The molecule has 1 aromatic carbocycles. The maximum Gasteiger partial charge on any atom is 0.0406 e. The summed E-state index contributed by atoms with van der Waals surface area (Å²) < 4.78 is 0. The molecule has 0 spiro atoms. The first-order valence-electron chi connectivity index (χ1n) is 7.37. The molecule has 1 fully saturated rings. The summed E-state index contributed by atoms with van der Waals surface area (Å²) in [5, 5.41) is 4.60. The zero-order valence-corrected chi connectivity index (χ0v) is 13.3. The maximum absolute atomic E-state index is 5.98. The van der Waals surface area contributed by atoms with Crippen LogP contribution in [0.25, 0.3) is 0 Å². The van der Waals surface area contributed by atoms with Crippen LogP contribution in [-0.2, 0) is 0 Å². The number of nitrogens with one attached hydrogen (secondary N) is 1. The quantitative estimate of drug-likeness (QED) is 0.794. The van der Waals surface area contributed by atoms with E-state index in [-0.39, 0.29) is 0 Å². The molecule has 0 aliphatic heterocycles. The van der Waals surface area contributed by atoms with Crippen molar-refractivity contribution in [3.8, 4) is 0 Å². The molecule has 1 saturated carbocycles. The largest absolute Gasteiger partial charge is 0.309 e. The molecule has 1 N–H and O–H groups in total. The third-order valence-corrected chi connectivity index (χ3v) is 4.70. The molecule has 1 nitrogen and oxygen atoms in total. The minimum Gasteiger partial charge on any atom is -0.309 e. The molecule has 2 rings (SSSR count). The molecule has 0 heterocycles. The van der Waals surface area contributed by atoms with Crippen LogP contribution in [0.4, 0.5) is 0 Å². The van der Waals surface area contributed by atoms with E-state index in [0.29, 0.717) is 17.4 Å². The molecule has 0 saturated heterocycles. The van der Waals surface area contributed by atoms with Crippen LogP contribution in [-0.4, -0.2) is 6.54 Å². The lowest BCUT2D eigenvalue weighted by molar-refractivity contribution is 0.242. The highest BCUT2D eigenvalue weighted by Gasteiger charge is 2.32. The number of hydrogen-bond acceptors (Lipinski definition) is 1. The van der Waals surface area contributed by atoms with Gasteiger partial charge in [0.1, 0.15) is 0 Å². The van der Waals surface area contributed by atoms with E-state index in [1.54, 1.807) is 0 Å². The van der Waals surface area contributed by atoms with Crippen molar-refractivity contribution in [1.29, 1.82) is 0 Å². The average molecular weight is 280 g/mol. The van der Waals surface area contributed by atoms with E-state index in [2.05, 4.69) is 45.1 Å². The Kier molecular flexibility index (Phi) is 4.58. The fourth-order valence-electron chi connectivity index (χ4n) is 2.27. The molecule has 19 heavy (non-hydrogen) atoms. The maximum atomic E-state index is 5.98. The number of benzene rings is 1. The Labute approximate surface area is 122 Å². The Morgan fingerprint density at radius 1 is 1.21 bits per heavy atom. The molecular formula is C17H26ClN. The van der Waals surface area contributed by atoms with Crippen molar-refractivity contribution in [1.82, 2.24) is 5.32 Å². The van der Waals surface area contributed by atoms with Gasteiger partial charge in [0, 0.05) is 11.1 Å². The van der Waals surface area contributed by atoms with E-state index in [1.165, 1.54) is 18.4 Å². The predicted octanol–water partition coefficient (Wildman–Crippen LogP) is 5.06. The van der Waals surface area contributed by atoms with Gasteiger partial charge < -0.3 is 5.32 Å². The lowest BCUT2D eigenvalue weighted by Gasteiger charge is -2.30. The second-order valence-corrected chi connectivity index (χ2v) is 7.48. The Balaban J connectivity index is 1.99. The third-order valence-electron chi connectivity index (χ3n) is 4.44. The highest BCUT2D eigenvalue weighted by molar-refractivity contribution is 6.30. The van der Waals surface area contributed by atoms with Crippen molar-refractivity contribution in [2.75, 3.05) is 6.54 Å². The van der Waals surface area contributed by atoms with Gasteiger partial charge in [0.15, 0.2) is 0 Å². The third kappa shape index (κ3) is 4.22. The molecule has 1 aliphatic rings. The molecular weight excluding hydrogens is 254 g/mol. The van der Waals surface area contributed by atoms with Gasteiger partial charge >= 0.3 is 0 Å². The summed E-state index contributed by atoms with van der Waals surface area (Å²) in [6.45, 7) is 10.3. The van der Waals surface area contributed by atoms with E-state index >= 15 is 0 Å². The van der Waals surface area contributed by atoms with Gasteiger partial charge in [-0.15, -0.1) is 0 Å². The number of rotatable bonds is 5. The second kappa shape index (κ2) is 5.85. The van der Waals surface area contributed by atoms with Crippen LogP contribution in [0, 0.1) is 17.3 Å². The van der Waals surface area contributed by atoms with E-state index < -0.39 is 0 Å². The topological polar surface area (TPSA) is 12.0 Å². The van der Waals surface area contributed by atoms with Gasteiger partial charge in [0.05, 0.1) is 0 Å². The average Bonchev–Trinajstić information content (AvgIpc) is 3.14. The predicted molar refractivity (Wildman–Crippen MR) is 83.5 cm³/mol. The lowest BCUT2D eigenvalue weighted by atomic mass is 9.82. The van der Waals surface area contributed by atoms with E-state index in [9.17, 15) is 0 Å². The zero-order valence-electron chi connectivity index (χ0n) is 12.5. The van der Waals surface area contributed by atoms with Crippen molar-refractivity contribution >= 4 is 11.6 Å². The van der Waals surface area contributed by atoms with Gasteiger partial charge in [0.25, 0.3) is 0 Å². The van der Waals surface area contributed by atoms with Crippen LogP contribution in [0.1, 0.15) is 52.1 Å². The van der Waals surface area contributed by atoms with Crippen molar-refractivity contribution in [3.05, 3.63) is 34.9 Å². The fraction of sp³-hybridized carbons (Fsp3) is 0.647. The molecule has 2 unspecified atom stereocenters. The summed E-state index contributed by atoms with van der Waals surface area (Å²) >= 11 is 5.98. The lowest BCUT2D eigenvalue weighted by Crippen LogP contribution is -2.33. The van der Waals surface area contributed by atoms with Gasteiger partial charge in [-0.25, -0.2) is 0 Å². The van der Waals surface area contributed by atoms with Crippen LogP contribution < -0.4 is 5.32 Å². The number of hydrogen-bond donors (Lipinski definition) is 1. The molecule has 2 heteroatoms. The summed E-state index contributed by atoms with van der Waals surface area (Å²) in [4.78, 5) is 0. The van der Waals surface area contributed by atoms with E-state index in [1.807, 2.05) is 12.1 Å². The molecule has 106 valence electrons. The smallest absolute Gasteiger partial charge is 0.0406 e. The summed E-state index contributed by atoms with van der Waals surface area (Å²) in [5.41, 5.74) is 1.74. The molecule has 1 aliphatic carbocycles. The summed E-state index contributed by atoms with van der Waals surface area (Å²) in [7, 11) is 0. The van der Waals surface area contributed by atoms with Crippen LogP contribution in [0.2, 0.25) is 5.02 Å². The monoisotopic (exact) mass is 279 g/mol. The molecule has 1 aromatic rings. The highest BCUT2D eigenvalue weighted by atomic mass is 35.5. The van der Waals surface area contributed by atoms with Gasteiger partial charge in [0.2, 0.25) is 0 Å². The molecule has 0 bridgehead atoms. The van der Waals surface area contributed by atoms with Crippen LogP contribution >= 0.6 is 11.6 Å². The second-order valence-electron chi connectivity index (χ2n) is 7.04. The molecule has 0 amide bonds. The summed E-state index contributed by atoms with van der Waals surface area (Å²) in [6, 6.07) is 8.84. The summed E-state index contributed by atoms with van der Waals surface area (Å²) in [5.74, 6) is 1.48. The van der Waals surface area contributed by atoms with Crippen molar-refractivity contribution in [2.45, 2.75) is 46.6 Å². The Hall–Kier alpha value is -0.530. The molecule has 0 radical (unpaired) electrons. The van der Waals surface area contributed by atoms with Gasteiger partial charge in [-0.05, 0) is 54.3 Å². The van der Waals surface area contributed by atoms with Crippen LogP contribution in [0.3, 0.4) is 0 Å². The first kappa shape index (κ1) is 14.9. The van der Waals surface area contributed by atoms with Gasteiger partial charge in [-0.1, -0.05) is 51.4 Å². The Bertz CT molecular complexity index is 400. The van der Waals surface area contributed by atoms with Gasteiger partial charge in [-0.3, -0.25) is 0 Å². The minimum absolute atomic E-state index is 0.362. The van der Waals surface area contributed by atoms with E-state index in [0.717, 1.165) is 17.5 Å². The number of halogens is 1. The Morgan fingerprint density at radius 3 is 2.26 bits per heavy atom. The minimum atomic E-state index is 0.362. The van der Waals surface area contributed by atoms with Crippen molar-refractivity contribution in [2.24, 2.45) is 17.3 Å².